The van der Waals surface area contributed by atoms with Crippen molar-refractivity contribution in [2.24, 2.45) is 5.92 Å². The van der Waals surface area contributed by atoms with Crippen molar-refractivity contribution >= 4 is 9.84 Å². The average Bonchev–Trinajstić information content (AvgIpc) is 2.04. The summed E-state index contributed by atoms with van der Waals surface area (Å²) in [7, 11) is -0.820. The minimum atomic E-state index is -2.78. The summed E-state index contributed by atoms with van der Waals surface area (Å²) in [5.74, 6) is 0.865. The predicted molar refractivity (Wildman–Crippen MR) is 61.2 cm³/mol. The lowest BCUT2D eigenvalue weighted by Crippen LogP contribution is -2.31. The highest BCUT2D eigenvalue weighted by Gasteiger charge is 2.13. The third kappa shape index (κ3) is 6.38. The Labute approximate surface area is 88.2 Å². The lowest BCUT2D eigenvalue weighted by atomic mass is 9.95. The maximum absolute atomic E-state index is 10.9. The first kappa shape index (κ1) is 13.9. The van der Waals surface area contributed by atoms with Crippen LogP contribution in [-0.2, 0) is 9.84 Å². The van der Waals surface area contributed by atoms with E-state index in [1.807, 2.05) is 7.05 Å². The molecule has 3 nitrogen and oxygen atoms in total. The second-order valence-electron chi connectivity index (χ2n) is 4.05. The Morgan fingerprint density at radius 2 is 1.93 bits per heavy atom. The first-order valence-electron chi connectivity index (χ1n) is 5.25. The zero-order valence-corrected chi connectivity index (χ0v) is 10.5. The van der Waals surface area contributed by atoms with Crippen LogP contribution < -0.4 is 5.32 Å². The van der Waals surface area contributed by atoms with E-state index in [1.165, 1.54) is 6.26 Å². The highest BCUT2D eigenvalue weighted by atomic mass is 32.2. The molecule has 0 aromatic carbocycles. The molecule has 0 saturated carbocycles. The number of rotatable bonds is 7. The first-order valence-corrected chi connectivity index (χ1v) is 7.31. The molecule has 0 aromatic heterocycles. The molecule has 14 heavy (non-hydrogen) atoms. The van der Waals surface area contributed by atoms with Gasteiger partial charge >= 0.3 is 0 Å². The van der Waals surface area contributed by atoms with E-state index < -0.39 is 9.84 Å². The van der Waals surface area contributed by atoms with Gasteiger partial charge in [0, 0.05) is 18.1 Å². The van der Waals surface area contributed by atoms with Gasteiger partial charge in [0.25, 0.3) is 0 Å². The van der Waals surface area contributed by atoms with Gasteiger partial charge in [-0.3, -0.25) is 0 Å². The minimum absolute atomic E-state index is 0.317. The molecular weight excluding hydrogens is 198 g/mol. The standard InChI is InChI=1S/C10H23NO2S/c1-5-10(11-3)9(2)7-6-8-14(4,12)13/h9-11H,5-8H2,1-4H3. The molecule has 2 unspecified atom stereocenters. The van der Waals surface area contributed by atoms with Crippen LogP contribution in [0.25, 0.3) is 0 Å². The van der Waals surface area contributed by atoms with E-state index >= 15 is 0 Å². The highest BCUT2D eigenvalue weighted by molar-refractivity contribution is 7.90. The Balaban J connectivity index is 3.78. The molecule has 86 valence electrons. The number of hydrogen-bond acceptors (Lipinski definition) is 3. The molecule has 2 atom stereocenters. The third-order valence-electron chi connectivity index (χ3n) is 2.67. The van der Waals surface area contributed by atoms with E-state index in [0.29, 0.717) is 17.7 Å². The van der Waals surface area contributed by atoms with Crippen LogP contribution >= 0.6 is 0 Å². The summed E-state index contributed by atoms with van der Waals surface area (Å²) in [4.78, 5) is 0. The van der Waals surface area contributed by atoms with E-state index in [1.54, 1.807) is 0 Å². The van der Waals surface area contributed by atoms with Crippen molar-refractivity contribution in [2.75, 3.05) is 19.1 Å². The number of hydrogen-bond donors (Lipinski definition) is 1. The van der Waals surface area contributed by atoms with Crippen molar-refractivity contribution < 1.29 is 8.42 Å². The van der Waals surface area contributed by atoms with Gasteiger partial charge in [0.05, 0.1) is 0 Å². The molecular formula is C10H23NO2S. The number of sulfone groups is 1. The molecule has 0 aliphatic carbocycles. The molecule has 1 N–H and O–H groups in total. The fraction of sp³-hybridized carbons (Fsp3) is 1.00. The van der Waals surface area contributed by atoms with Crippen molar-refractivity contribution in [2.45, 2.75) is 39.2 Å². The summed E-state index contributed by atoms with van der Waals surface area (Å²) in [5.41, 5.74) is 0. The summed E-state index contributed by atoms with van der Waals surface area (Å²) in [5, 5.41) is 3.25. The van der Waals surface area contributed by atoms with Crippen molar-refractivity contribution in [3.05, 3.63) is 0 Å². The van der Waals surface area contributed by atoms with E-state index in [4.69, 9.17) is 0 Å². The summed E-state index contributed by atoms with van der Waals surface area (Å²) in [6.07, 6.45) is 4.15. The average molecular weight is 221 g/mol. The summed E-state index contributed by atoms with van der Waals surface area (Å²) in [6.45, 7) is 4.32. The van der Waals surface area contributed by atoms with Gasteiger partial charge in [-0.2, -0.15) is 0 Å². The van der Waals surface area contributed by atoms with E-state index in [0.717, 1.165) is 19.3 Å². The monoisotopic (exact) mass is 221 g/mol. The highest BCUT2D eigenvalue weighted by Crippen LogP contribution is 2.13. The Kier molecular flexibility index (Phi) is 6.36. The van der Waals surface area contributed by atoms with Crippen molar-refractivity contribution in [3.63, 3.8) is 0 Å². The molecule has 4 heteroatoms. The molecule has 0 amide bonds. The van der Waals surface area contributed by atoms with Crippen LogP contribution in [0.2, 0.25) is 0 Å². The van der Waals surface area contributed by atoms with Crippen LogP contribution in [0.4, 0.5) is 0 Å². The fourth-order valence-corrected chi connectivity index (χ4v) is 2.45. The first-order chi connectivity index (χ1) is 6.40. The molecule has 0 radical (unpaired) electrons. The summed E-state index contributed by atoms with van der Waals surface area (Å²) >= 11 is 0. The second-order valence-corrected chi connectivity index (χ2v) is 6.31. The predicted octanol–water partition coefficient (Wildman–Crippen LogP) is 1.45. The van der Waals surface area contributed by atoms with Gasteiger partial charge in [-0.15, -0.1) is 0 Å². The molecule has 0 aromatic rings. The van der Waals surface area contributed by atoms with Crippen molar-refractivity contribution in [1.82, 2.24) is 5.32 Å². The molecule has 0 heterocycles. The van der Waals surface area contributed by atoms with Crippen LogP contribution in [0, 0.1) is 5.92 Å². The molecule has 0 aliphatic heterocycles. The topological polar surface area (TPSA) is 46.2 Å². The molecule has 0 fully saturated rings. The van der Waals surface area contributed by atoms with Gasteiger partial charge in [-0.1, -0.05) is 13.8 Å². The van der Waals surface area contributed by atoms with Crippen molar-refractivity contribution in [1.29, 1.82) is 0 Å². The third-order valence-corrected chi connectivity index (χ3v) is 3.70. The Bertz CT molecular complexity index is 233. The van der Waals surface area contributed by atoms with Gasteiger partial charge in [-0.25, -0.2) is 8.42 Å². The molecule has 0 spiro atoms. The molecule has 0 bridgehead atoms. The Morgan fingerprint density at radius 1 is 1.36 bits per heavy atom. The Hall–Kier alpha value is -0.0900. The fourth-order valence-electron chi connectivity index (χ4n) is 1.76. The van der Waals surface area contributed by atoms with Crippen LogP contribution in [0.3, 0.4) is 0 Å². The lowest BCUT2D eigenvalue weighted by Gasteiger charge is -2.21. The summed E-state index contributed by atoms with van der Waals surface area (Å²) in [6, 6.07) is 0.509. The molecule has 0 rings (SSSR count). The van der Waals surface area contributed by atoms with E-state index in [2.05, 4.69) is 19.2 Å². The smallest absolute Gasteiger partial charge is 0.147 e. The van der Waals surface area contributed by atoms with Gasteiger partial charge < -0.3 is 5.32 Å². The van der Waals surface area contributed by atoms with Crippen LogP contribution in [0.15, 0.2) is 0 Å². The zero-order valence-electron chi connectivity index (χ0n) is 9.71. The lowest BCUT2D eigenvalue weighted by molar-refractivity contribution is 0.365. The summed E-state index contributed by atoms with van der Waals surface area (Å²) < 4.78 is 21.8. The Morgan fingerprint density at radius 3 is 2.29 bits per heavy atom. The van der Waals surface area contributed by atoms with Gasteiger partial charge in [0.1, 0.15) is 9.84 Å². The van der Waals surface area contributed by atoms with Crippen molar-refractivity contribution in [3.8, 4) is 0 Å². The maximum atomic E-state index is 10.9. The number of nitrogens with one attached hydrogen (secondary N) is 1. The SMILES string of the molecule is CCC(NC)C(C)CCCS(C)(=O)=O. The van der Waals surface area contributed by atoms with Gasteiger partial charge in [0.15, 0.2) is 0 Å². The quantitative estimate of drug-likeness (QED) is 0.707. The molecule has 0 saturated heterocycles. The van der Waals surface area contributed by atoms with Crippen LogP contribution in [0.5, 0.6) is 0 Å². The normalized spacial score (nSPS) is 16.6. The van der Waals surface area contributed by atoms with Gasteiger partial charge in [-0.05, 0) is 32.2 Å². The van der Waals surface area contributed by atoms with Gasteiger partial charge in [0.2, 0.25) is 0 Å². The van der Waals surface area contributed by atoms with E-state index in [-0.39, 0.29) is 0 Å². The maximum Gasteiger partial charge on any atom is 0.147 e. The zero-order chi connectivity index (χ0) is 11.2. The van der Waals surface area contributed by atoms with Crippen LogP contribution in [-0.4, -0.2) is 33.5 Å². The second kappa shape index (κ2) is 6.40. The minimum Gasteiger partial charge on any atom is -0.317 e. The van der Waals surface area contributed by atoms with E-state index in [9.17, 15) is 8.42 Å². The largest absolute Gasteiger partial charge is 0.317 e. The van der Waals surface area contributed by atoms with Crippen LogP contribution in [0.1, 0.15) is 33.1 Å². The molecule has 0 aliphatic rings.